The second-order valence-electron chi connectivity index (χ2n) is 5.18. The Bertz CT molecular complexity index is 512. The molecule has 1 unspecified atom stereocenters. The van der Waals surface area contributed by atoms with Crippen molar-refractivity contribution in [1.29, 1.82) is 0 Å². The number of pyridine rings is 1. The van der Waals surface area contributed by atoms with E-state index in [2.05, 4.69) is 20.4 Å². The van der Waals surface area contributed by atoms with Crippen molar-refractivity contribution in [3.8, 4) is 5.88 Å². The number of rotatable bonds is 6. The van der Waals surface area contributed by atoms with Gasteiger partial charge in [0.25, 0.3) is 0 Å². The molecule has 1 aliphatic rings. The van der Waals surface area contributed by atoms with Gasteiger partial charge in [-0.25, -0.2) is 4.98 Å². The molecule has 138 valence electrons. The summed E-state index contributed by atoms with van der Waals surface area (Å²) in [6.07, 6.45) is -0.589. The SMILES string of the molecule is Cl.Cl.O=C(CC1CCCN1)NCc1ccnc(OCC(F)(F)F)c1. The Morgan fingerprint density at radius 1 is 1.42 bits per heavy atom. The fourth-order valence-corrected chi connectivity index (χ4v) is 2.22. The fourth-order valence-electron chi connectivity index (χ4n) is 2.22. The predicted octanol–water partition coefficient (Wildman–Crippen LogP) is 2.62. The number of carbonyl (C=O) groups excluding carboxylic acids is 1. The molecule has 1 aromatic heterocycles. The molecule has 2 heterocycles. The molecule has 0 saturated carbocycles. The molecule has 0 bridgehead atoms. The number of halogens is 5. The Hall–Kier alpha value is -1.25. The van der Waals surface area contributed by atoms with Gasteiger partial charge in [0.05, 0.1) is 0 Å². The monoisotopic (exact) mass is 389 g/mol. The Kier molecular flexibility index (Phi) is 10.0. The smallest absolute Gasteiger partial charge is 0.422 e. The van der Waals surface area contributed by atoms with Gasteiger partial charge < -0.3 is 15.4 Å². The molecule has 0 radical (unpaired) electrons. The van der Waals surface area contributed by atoms with Crippen molar-refractivity contribution in [2.45, 2.75) is 38.0 Å². The van der Waals surface area contributed by atoms with Gasteiger partial charge in [0, 0.05) is 31.3 Å². The number of alkyl halides is 3. The molecule has 2 rings (SSSR count). The van der Waals surface area contributed by atoms with E-state index in [-0.39, 0.29) is 49.2 Å². The molecule has 24 heavy (non-hydrogen) atoms. The van der Waals surface area contributed by atoms with E-state index < -0.39 is 12.8 Å². The third-order valence-corrected chi connectivity index (χ3v) is 3.27. The third-order valence-electron chi connectivity index (χ3n) is 3.27. The van der Waals surface area contributed by atoms with Crippen LogP contribution in [-0.2, 0) is 11.3 Å². The highest BCUT2D eigenvalue weighted by Crippen LogP contribution is 2.17. The maximum atomic E-state index is 12.1. The van der Waals surface area contributed by atoms with Crippen LogP contribution in [0.15, 0.2) is 18.3 Å². The summed E-state index contributed by atoms with van der Waals surface area (Å²) in [5.41, 5.74) is 0.639. The van der Waals surface area contributed by atoms with Gasteiger partial charge in [-0.05, 0) is 31.0 Å². The Labute approximate surface area is 150 Å². The second kappa shape index (κ2) is 10.6. The van der Waals surface area contributed by atoms with Crippen LogP contribution in [0.1, 0.15) is 24.8 Å². The lowest BCUT2D eigenvalue weighted by Crippen LogP contribution is -2.31. The van der Waals surface area contributed by atoms with E-state index in [1.165, 1.54) is 12.3 Å². The quantitative estimate of drug-likeness (QED) is 0.784. The summed E-state index contributed by atoms with van der Waals surface area (Å²) < 4.78 is 40.8. The molecule has 1 saturated heterocycles. The lowest BCUT2D eigenvalue weighted by atomic mass is 10.1. The normalized spacial score (nSPS) is 16.7. The zero-order valence-corrected chi connectivity index (χ0v) is 14.4. The number of nitrogens with one attached hydrogen (secondary N) is 2. The number of aromatic nitrogens is 1. The van der Waals surface area contributed by atoms with Crippen LogP contribution in [0.25, 0.3) is 0 Å². The van der Waals surface area contributed by atoms with E-state index in [1.54, 1.807) is 6.07 Å². The zero-order chi connectivity index (χ0) is 16.0. The molecule has 1 aromatic rings. The van der Waals surface area contributed by atoms with E-state index in [0.29, 0.717) is 12.0 Å². The number of hydrogen-bond donors (Lipinski definition) is 2. The average Bonchev–Trinajstić information content (AvgIpc) is 2.96. The summed E-state index contributed by atoms with van der Waals surface area (Å²) in [7, 11) is 0. The van der Waals surface area contributed by atoms with Crippen molar-refractivity contribution in [2.75, 3.05) is 13.2 Å². The van der Waals surface area contributed by atoms with Crippen molar-refractivity contribution in [2.24, 2.45) is 0 Å². The maximum Gasteiger partial charge on any atom is 0.422 e. The van der Waals surface area contributed by atoms with Crippen molar-refractivity contribution >= 4 is 30.7 Å². The lowest BCUT2D eigenvalue weighted by molar-refractivity contribution is -0.154. The number of carbonyl (C=O) groups is 1. The Balaban J connectivity index is 0.00000264. The predicted molar refractivity (Wildman–Crippen MR) is 87.8 cm³/mol. The van der Waals surface area contributed by atoms with Crippen LogP contribution < -0.4 is 15.4 Å². The molecular formula is C14H20Cl2F3N3O2. The molecule has 1 fully saturated rings. The van der Waals surface area contributed by atoms with Crippen molar-refractivity contribution in [3.63, 3.8) is 0 Å². The highest BCUT2D eigenvalue weighted by Gasteiger charge is 2.28. The first-order valence-corrected chi connectivity index (χ1v) is 7.07. The average molecular weight is 390 g/mol. The maximum absolute atomic E-state index is 12.1. The summed E-state index contributed by atoms with van der Waals surface area (Å²) >= 11 is 0. The highest BCUT2D eigenvalue weighted by molar-refractivity contribution is 5.85. The minimum absolute atomic E-state index is 0. The van der Waals surface area contributed by atoms with Crippen molar-refractivity contribution in [3.05, 3.63) is 23.9 Å². The van der Waals surface area contributed by atoms with Gasteiger partial charge >= 0.3 is 6.18 Å². The van der Waals surface area contributed by atoms with Crippen molar-refractivity contribution in [1.82, 2.24) is 15.6 Å². The first-order chi connectivity index (χ1) is 10.4. The molecule has 0 aromatic carbocycles. The van der Waals surface area contributed by atoms with Gasteiger partial charge in [0.2, 0.25) is 11.8 Å². The Morgan fingerprint density at radius 3 is 2.79 bits per heavy atom. The van der Waals surface area contributed by atoms with E-state index in [0.717, 1.165) is 19.4 Å². The molecule has 5 nitrogen and oxygen atoms in total. The van der Waals surface area contributed by atoms with Gasteiger partial charge in [-0.15, -0.1) is 24.8 Å². The summed E-state index contributed by atoms with van der Waals surface area (Å²) in [5, 5.41) is 5.97. The van der Waals surface area contributed by atoms with Crippen LogP contribution in [0.4, 0.5) is 13.2 Å². The summed E-state index contributed by atoms with van der Waals surface area (Å²) in [4.78, 5) is 15.5. The summed E-state index contributed by atoms with van der Waals surface area (Å²) in [5.74, 6) is -0.199. The van der Waals surface area contributed by atoms with E-state index in [9.17, 15) is 18.0 Å². The third kappa shape index (κ3) is 8.56. The molecule has 0 aliphatic carbocycles. The molecule has 2 N–H and O–H groups in total. The highest BCUT2D eigenvalue weighted by atomic mass is 35.5. The van der Waals surface area contributed by atoms with E-state index >= 15 is 0 Å². The first-order valence-electron chi connectivity index (χ1n) is 7.07. The molecule has 1 amide bonds. The topological polar surface area (TPSA) is 63.2 Å². The number of hydrogen-bond acceptors (Lipinski definition) is 4. The molecule has 1 aliphatic heterocycles. The summed E-state index contributed by atoms with van der Waals surface area (Å²) in [6.45, 7) is -0.220. The van der Waals surface area contributed by atoms with Gasteiger partial charge in [-0.2, -0.15) is 13.2 Å². The second-order valence-corrected chi connectivity index (χ2v) is 5.18. The minimum Gasteiger partial charge on any atom is -0.468 e. The Morgan fingerprint density at radius 2 is 2.17 bits per heavy atom. The molecular weight excluding hydrogens is 370 g/mol. The standard InChI is InChI=1S/C14H18F3N3O2.2ClH/c15-14(16,17)9-22-13-6-10(3-5-19-13)8-20-12(21)7-11-2-1-4-18-11;;/h3,5-6,11,18H,1-2,4,7-9H2,(H,20,21);2*1H. The molecule has 0 spiro atoms. The van der Waals surface area contributed by atoms with Crippen LogP contribution in [-0.4, -0.2) is 36.3 Å². The van der Waals surface area contributed by atoms with Crippen LogP contribution in [0.2, 0.25) is 0 Å². The molecule has 1 atom stereocenters. The number of ether oxygens (including phenoxy) is 1. The fraction of sp³-hybridized carbons (Fsp3) is 0.571. The van der Waals surface area contributed by atoms with Crippen molar-refractivity contribution < 1.29 is 22.7 Å². The molecule has 10 heteroatoms. The first kappa shape index (κ1) is 22.8. The van der Waals surface area contributed by atoms with Gasteiger partial charge in [-0.1, -0.05) is 0 Å². The van der Waals surface area contributed by atoms with E-state index in [4.69, 9.17) is 0 Å². The van der Waals surface area contributed by atoms with E-state index in [1.807, 2.05) is 0 Å². The number of nitrogens with zero attached hydrogens (tertiary/aromatic N) is 1. The van der Waals surface area contributed by atoms with Crippen LogP contribution in [0.3, 0.4) is 0 Å². The summed E-state index contributed by atoms with van der Waals surface area (Å²) in [6, 6.07) is 3.22. The van der Waals surface area contributed by atoms with Crippen LogP contribution in [0, 0.1) is 0 Å². The number of amides is 1. The van der Waals surface area contributed by atoms with Gasteiger partial charge in [0.1, 0.15) is 0 Å². The van der Waals surface area contributed by atoms with Gasteiger partial charge in [-0.3, -0.25) is 4.79 Å². The zero-order valence-electron chi connectivity index (χ0n) is 12.8. The van der Waals surface area contributed by atoms with Crippen LogP contribution in [0.5, 0.6) is 5.88 Å². The lowest BCUT2D eigenvalue weighted by Gasteiger charge is -2.11. The van der Waals surface area contributed by atoms with Gasteiger partial charge in [0.15, 0.2) is 6.61 Å². The largest absolute Gasteiger partial charge is 0.468 e. The minimum atomic E-state index is -4.40. The van der Waals surface area contributed by atoms with Crippen LogP contribution >= 0.6 is 24.8 Å².